The minimum absolute atomic E-state index is 0.0824. The van der Waals surface area contributed by atoms with Gasteiger partial charge in [0, 0.05) is 11.8 Å². The van der Waals surface area contributed by atoms with Crippen molar-refractivity contribution in [3.63, 3.8) is 0 Å². The van der Waals surface area contributed by atoms with E-state index >= 15 is 0 Å². The summed E-state index contributed by atoms with van der Waals surface area (Å²) in [6, 6.07) is 5.71. The Morgan fingerprint density at radius 3 is 2.55 bits per heavy atom. The van der Waals surface area contributed by atoms with Gasteiger partial charge in [-0.1, -0.05) is 25.6 Å². The van der Waals surface area contributed by atoms with Gasteiger partial charge < -0.3 is 14.8 Å². The van der Waals surface area contributed by atoms with E-state index in [1.54, 1.807) is 26.0 Å². The van der Waals surface area contributed by atoms with E-state index in [4.69, 9.17) is 14.5 Å². The number of nitrogens with one attached hydrogen (secondary N) is 1. The van der Waals surface area contributed by atoms with Gasteiger partial charge in [-0.15, -0.1) is 0 Å². The number of hydrogen-bond acceptors (Lipinski definition) is 5. The summed E-state index contributed by atoms with van der Waals surface area (Å²) in [5.74, 6) is 2.63. The molecule has 0 aromatic heterocycles. The second kappa shape index (κ2) is 6.39. The molecule has 0 aliphatic carbocycles. The van der Waals surface area contributed by atoms with Crippen molar-refractivity contribution in [1.82, 2.24) is 0 Å². The van der Waals surface area contributed by atoms with E-state index in [0.717, 1.165) is 40.9 Å². The molecule has 20 heavy (non-hydrogen) atoms. The number of hydrogen-bond donors (Lipinski definition) is 1. The first-order valence-electron chi connectivity index (χ1n) is 6.88. The number of benzene rings is 1. The third-order valence-electron chi connectivity index (χ3n) is 3.78. The summed E-state index contributed by atoms with van der Waals surface area (Å²) in [4.78, 5) is 4.85. The SMILES string of the molecule is CCC1(CC)CSC(Nc2cc(OC)ccc2OC)=N1. The van der Waals surface area contributed by atoms with Crippen molar-refractivity contribution in [2.24, 2.45) is 4.99 Å². The zero-order valence-corrected chi connectivity index (χ0v) is 13.3. The third-order valence-corrected chi connectivity index (χ3v) is 4.93. The molecule has 0 spiro atoms. The molecule has 0 bridgehead atoms. The fraction of sp³-hybridized carbons (Fsp3) is 0.533. The van der Waals surface area contributed by atoms with E-state index in [2.05, 4.69) is 19.2 Å². The molecule has 1 aliphatic heterocycles. The molecule has 0 unspecified atom stereocenters. The van der Waals surface area contributed by atoms with Crippen molar-refractivity contribution in [3.8, 4) is 11.5 Å². The van der Waals surface area contributed by atoms with Crippen LogP contribution in [0, 0.1) is 0 Å². The Kier molecular flexibility index (Phi) is 4.81. The van der Waals surface area contributed by atoms with Crippen LogP contribution in [0.15, 0.2) is 23.2 Å². The van der Waals surface area contributed by atoms with Crippen molar-refractivity contribution in [2.75, 3.05) is 25.3 Å². The molecule has 110 valence electrons. The molecule has 1 aliphatic rings. The zero-order valence-electron chi connectivity index (χ0n) is 12.5. The number of ether oxygens (including phenoxy) is 2. The Morgan fingerprint density at radius 1 is 1.25 bits per heavy atom. The van der Waals surface area contributed by atoms with Crippen LogP contribution in [0.25, 0.3) is 0 Å². The zero-order chi connectivity index (χ0) is 14.6. The Bertz CT molecular complexity index is 499. The summed E-state index contributed by atoms with van der Waals surface area (Å²) in [5, 5.41) is 4.33. The number of thioether (sulfide) groups is 1. The first-order chi connectivity index (χ1) is 9.66. The average Bonchev–Trinajstić information content (AvgIpc) is 2.91. The Balaban J connectivity index is 2.22. The molecule has 2 rings (SSSR count). The first-order valence-corrected chi connectivity index (χ1v) is 7.86. The standard InChI is InChI=1S/C15H22N2O2S/c1-5-15(6-2)10-20-14(17-15)16-12-9-11(18-3)7-8-13(12)19-4/h7-9H,5-6,10H2,1-4H3,(H,16,17). The molecule has 5 heteroatoms. The number of nitrogens with zero attached hydrogens (tertiary/aromatic N) is 1. The fourth-order valence-corrected chi connectivity index (χ4v) is 3.50. The summed E-state index contributed by atoms with van der Waals surface area (Å²) < 4.78 is 10.6. The number of methoxy groups -OCH3 is 2. The molecule has 1 aromatic rings. The predicted molar refractivity (Wildman–Crippen MR) is 86.4 cm³/mol. The lowest BCUT2D eigenvalue weighted by atomic mass is 9.97. The molecular formula is C15H22N2O2S. The quantitative estimate of drug-likeness (QED) is 0.897. The van der Waals surface area contributed by atoms with Crippen LogP contribution >= 0.6 is 11.8 Å². The minimum Gasteiger partial charge on any atom is -0.497 e. The van der Waals surface area contributed by atoms with Gasteiger partial charge in [0.15, 0.2) is 5.17 Å². The molecule has 0 atom stereocenters. The fourth-order valence-electron chi connectivity index (χ4n) is 2.19. The first kappa shape index (κ1) is 15.0. The summed E-state index contributed by atoms with van der Waals surface area (Å²) >= 11 is 1.77. The van der Waals surface area contributed by atoms with E-state index < -0.39 is 0 Å². The lowest BCUT2D eigenvalue weighted by Crippen LogP contribution is -2.24. The normalized spacial score (nSPS) is 16.7. The molecule has 1 N–H and O–H groups in total. The maximum atomic E-state index is 5.38. The van der Waals surface area contributed by atoms with Crippen molar-refractivity contribution < 1.29 is 9.47 Å². The van der Waals surface area contributed by atoms with E-state index in [1.165, 1.54) is 0 Å². The van der Waals surface area contributed by atoms with Crippen LogP contribution in [0.3, 0.4) is 0 Å². The Morgan fingerprint density at radius 2 is 2.00 bits per heavy atom. The van der Waals surface area contributed by atoms with Gasteiger partial charge >= 0.3 is 0 Å². The summed E-state index contributed by atoms with van der Waals surface area (Å²) in [5.41, 5.74) is 0.972. The highest BCUT2D eigenvalue weighted by Crippen LogP contribution is 2.36. The predicted octanol–water partition coefficient (Wildman–Crippen LogP) is 3.78. The Hall–Kier alpha value is -1.36. The van der Waals surface area contributed by atoms with Crippen molar-refractivity contribution >= 4 is 22.6 Å². The largest absolute Gasteiger partial charge is 0.497 e. The minimum atomic E-state index is 0.0824. The second-order valence-electron chi connectivity index (χ2n) is 4.83. The number of rotatable bonds is 5. The van der Waals surface area contributed by atoms with Gasteiger partial charge in [0.1, 0.15) is 11.5 Å². The molecule has 4 nitrogen and oxygen atoms in total. The van der Waals surface area contributed by atoms with Gasteiger partial charge in [-0.3, -0.25) is 4.99 Å². The highest BCUT2D eigenvalue weighted by Gasteiger charge is 2.32. The lowest BCUT2D eigenvalue weighted by Gasteiger charge is -2.20. The van der Waals surface area contributed by atoms with Gasteiger partial charge in [0.05, 0.1) is 25.4 Å². The molecule has 0 amide bonds. The van der Waals surface area contributed by atoms with Gasteiger partial charge in [0.25, 0.3) is 0 Å². The number of anilines is 1. The topological polar surface area (TPSA) is 42.8 Å². The lowest BCUT2D eigenvalue weighted by molar-refractivity contribution is 0.405. The summed E-state index contributed by atoms with van der Waals surface area (Å²) in [6.45, 7) is 4.39. The third kappa shape index (κ3) is 3.03. The van der Waals surface area contributed by atoms with Crippen LogP contribution in [0.2, 0.25) is 0 Å². The molecule has 0 saturated carbocycles. The number of aliphatic imine (C=N–C) groups is 1. The van der Waals surface area contributed by atoms with Crippen LogP contribution in [0.5, 0.6) is 11.5 Å². The highest BCUT2D eigenvalue weighted by atomic mass is 32.2. The van der Waals surface area contributed by atoms with Crippen LogP contribution in [-0.2, 0) is 0 Å². The average molecular weight is 294 g/mol. The van der Waals surface area contributed by atoms with E-state index in [0.29, 0.717) is 0 Å². The van der Waals surface area contributed by atoms with Gasteiger partial charge in [-0.25, -0.2) is 0 Å². The van der Waals surface area contributed by atoms with Crippen LogP contribution in [0.1, 0.15) is 26.7 Å². The van der Waals surface area contributed by atoms with E-state index in [-0.39, 0.29) is 5.54 Å². The van der Waals surface area contributed by atoms with Crippen LogP contribution in [0.4, 0.5) is 5.69 Å². The maximum absolute atomic E-state index is 5.38. The molecular weight excluding hydrogens is 272 g/mol. The van der Waals surface area contributed by atoms with Crippen LogP contribution in [-0.4, -0.2) is 30.7 Å². The molecule has 1 aromatic carbocycles. The van der Waals surface area contributed by atoms with Gasteiger partial charge in [0.2, 0.25) is 0 Å². The van der Waals surface area contributed by atoms with Crippen LogP contribution < -0.4 is 14.8 Å². The summed E-state index contributed by atoms with van der Waals surface area (Å²) in [7, 11) is 3.32. The van der Waals surface area contributed by atoms with Gasteiger partial charge in [-0.2, -0.15) is 0 Å². The van der Waals surface area contributed by atoms with E-state index in [9.17, 15) is 0 Å². The van der Waals surface area contributed by atoms with Crippen molar-refractivity contribution in [2.45, 2.75) is 32.2 Å². The maximum Gasteiger partial charge on any atom is 0.161 e. The summed E-state index contributed by atoms with van der Waals surface area (Å²) in [6.07, 6.45) is 2.13. The van der Waals surface area contributed by atoms with Crippen molar-refractivity contribution in [1.29, 1.82) is 0 Å². The van der Waals surface area contributed by atoms with Gasteiger partial charge in [-0.05, 0) is 25.0 Å². The second-order valence-corrected chi connectivity index (χ2v) is 5.79. The highest BCUT2D eigenvalue weighted by molar-refractivity contribution is 8.14. The molecule has 1 heterocycles. The number of amidine groups is 1. The van der Waals surface area contributed by atoms with E-state index in [1.807, 2.05) is 18.2 Å². The monoisotopic (exact) mass is 294 g/mol. The molecule has 0 fully saturated rings. The molecule has 0 radical (unpaired) electrons. The van der Waals surface area contributed by atoms with Crippen molar-refractivity contribution in [3.05, 3.63) is 18.2 Å². The molecule has 0 saturated heterocycles. The Labute approximate surface area is 125 Å². The smallest absolute Gasteiger partial charge is 0.161 e.